The molecule has 3 nitrogen and oxygen atoms in total. The molecule has 0 aliphatic rings. The number of benzene rings is 1. The van der Waals surface area contributed by atoms with E-state index in [4.69, 9.17) is 9.84 Å². The first-order chi connectivity index (χ1) is 6.70. The summed E-state index contributed by atoms with van der Waals surface area (Å²) in [4.78, 5) is 0. The molecule has 0 fully saturated rings. The molecule has 14 heavy (non-hydrogen) atoms. The fraction of sp³-hybridized carbons (Fsp3) is 0.455. The van der Waals surface area contributed by atoms with Crippen molar-refractivity contribution in [2.45, 2.75) is 20.4 Å². The van der Waals surface area contributed by atoms with E-state index in [1.54, 1.807) is 7.11 Å². The summed E-state index contributed by atoms with van der Waals surface area (Å²) in [5, 5.41) is 11.5. The van der Waals surface area contributed by atoms with Crippen LogP contribution < -0.4 is 10.1 Å². The van der Waals surface area contributed by atoms with E-state index < -0.39 is 0 Å². The lowest BCUT2D eigenvalue weighted by molar-refractivity contribution is 0.259. The fourth-order valence-electron chi connectivity index (χ4n) is 1.46. The van der Waals surface area contributed by atoms with Gasteiger partial charge in [0.25, 0.3) is 0 Å². The Balaban J connectivity index is 2.92. The molecule has 1 aromatic rings. The van der Waals surface area contributed by atoms with E-state index in [1.807, 2.05) is 19.1 Å². The SMILES string of the molecule is COc1ccc(CNCO)c(C)c1C. The van der Waals surface area contributed by atoms with Crippen molar-refractivity contribution in [3.8, 4) is 5.75 Å². The minimum atomic E-state index is 0.00448. The topological polar surface area (TPSA) is 41.5 Å². The van der Waals surface area contributed by atoms with E-state index in [0.717, 1.165) is 11.3 Å². The van der Waals surface area contributed by atoms with E-state index in [1.165, 1.54) is 11.1 Å². The summed E-state index contributed by atoms with van der Waals surface area (Å²) in [5.74, 6) is 0.912. The number of aliphatic hydroxyl groups excluding tert-OH is 1. The fourth-order valence-corrected chi connectivity index (χ4v) is 1.46. The van der Waals surface area contributed by atoms with Crippen LogP contribution in [0.3, 0.4) is 0 Å². The summed E-state index contributed by atoms with van der Waals surface area (Å²) in [5.41, 5.74) is 3.56. The maximum atomic E-state index is 8.65. The molecule has 0 aromatic heterocycles. The molecule has 0 atom stereocenters. The predicted octanol–water partition coefficient (Wildman–Crippen LogP) is 1.35. The largest absolute Gasteiger partial charge is 0.496 e. The molecule has 0 bridgehead atoms. The van der Waals surface area contributed by atoms with Gasteiger partial charge < -0.3 is 9.84 Å². The third-order valence-electron chi connectivity index (χ3n) is 2.50. The van der Waals surface area contributed by atoms with Gasteiger partial charge in [0.05, 0.1) is 13.8 Å². The summed E-state index contributed by atoms with van der Waals surface area (Å²) in [6, 6.07) is 3.97. The van der Waals surface area contributed by atoms with Crippen LogP contribution in [0.15, 0.2) is 12.1 Å². The number of methoxy groups -OCH3 is 1. The van der Waals surface area contributed by atoms with E-state index in [9.17, 15) is 0 Å². The Labute approximate surface area is 84.7 Å². The van der Waals surface area contributed by atoms with Crippen molar-refractivity contribution in [3.05, 3.63) is 28.8 Å². The molecule has 0 spiro atoms. The van der Waals surface area contributed by atoms with Crippen LogP contribution in [0.2, 0.25) is 0 Å². The lowest BCUT2D eigenvalue weighted by Gasteiger charge is -2.12. The van der Waals surface area contributed by atoms with Crippen molar-refractivity contribution in [2.75, 3.05) is 13.8 Å². The van der Waals surface area contributed by atoms with Crippen molar-refractivity contribution in [2.24, 2.45) is 0 Å². The standard InChI is InChI=1S/C11H17NO2/c1-8-9(2)11(14-3)5-4-10(8)6-12-7-13/h4-5,12-13H,6-7H2,1-3H3. The summed E-state index contributed by atoms with van der Waals surface area (Å²) in [6.45, 7) is 4.79. The molecule has 0 amide bonds. The van der Waals surface area contributed by atoms with Crippen LogP contribution >= 0.6 is 0 Å². The molecule has 2 N–H and O–H groups in total. The van der Waals surface area contributed by atoms with Gasteiger partial charge in [-0.15, -0.1) is 0 Å². The van der Waals surface area contributed by atoms with Gasteiger partial charge in [-0.05, 0) is 36.6 Å². The molecule has 1 aromatic carbocycles. The van der Waals surface area contributed by atoms with Crippen molar-refractivity contribution in [3.63, 3.8) is 0 Å². The number of rotatable bonds is 4. The van der Waals surface area contributed by atoms with Crippen molar-refractivity contribution in [1.82, 2.24) is 5.32 Å². The normalized spacial score (nSPS) is 10.3. The van der Waals surface area contributed by atoms with Gasteiger partial charge in [0.2, 0.25) is 0 Å². The number of aliphatic hydroxyl groups is 1. The van der Waals surface area contributed by atoms with Crippen LogP contribution in [-0.4, -0.2) is 18.9 Å². The van der Waals surface area contributed by atoms with Gasteiger partial charge in [0, 0.05) is 6.54 Å². The Morgan fingerprint density at radius 1 is 1.29 bits per heavy atom. The van der Waals surface area contributed by atoms with Gasteiger partial charge in [-0.25, -0.2) is 0 Å². The zero-order valence-corrected chi connectivity index (χ0v) is 8.92. The summed E-state index contributed by atoms with van der Waals surface area (Å²) >= 11 is 0. The zero-order valence-electron chi connectivity index (χ0n) is 8.92. The minimum Gasteiger partial charge on any atom is -0.496 e. The number of hydrogen-bond acceptors (Lipinski definition) is 3. The Morgan fingerprint density at radius 2 is 2.00 bits per heavy atom. The van der Waals surface area contributed by atoms with Crippen molar-refractivity contribution >= 4 is 0 Å². The van der Waals surface area contributed by atoms with Gasteiger partial charge in [0.15, 0.2) is 0 Å². The van der Waals surface area contributed by atoms with Gasteiger partial charge in [0.1, 0.15) is 5.75 Å². The van der Waals surface area contributed by atoms with Gasteiger partial charge in [-0.3, -0.25) is 5.32 Å². The highest BCUT2D eigenvalue weighted by Crippen LogP contribution is 2.23. The molecule has 0 heterocycles. The highest BCUT2D eigenvalue weighted by Gasteiger charge is 2.05. The van der Waals surface area contributed by atoms with Crippen LogP contribution in [0.4, 0.5) is 0 Å². The number of hydrogen-bond donors (Lipinski definition) is 2. The molecular formula is C11H17NO2. The maximum Gasteiger partial charge on any atom is 0.122 e. The van der Waals surface area contributed by atoms with E-state index >= 15 is 0 Å². The Bertz CT molecular complexity index is 310. The molecule has 0 saturated carbocycles. The van der Waals surface area contributed by atoms with Gasteiger partial charge >= 0.3 is 0 Å². The first kappa shape index (κ1) is 11.0. The van der Waals surface area contributed by atoms with Crippen LogP contribution in [0.5, 0.6) is 5.75 Å². The van der Waals surface area contributed by atoms with Gasteiger partial charge in [-0.1, -0.05) is 6.07 Å². The first-order valence-corrected chi connectivity index (χ1v) is 4.65. The summed E-state index contributed by atoms with van der Waals surface area (Å²) in [6.07, 6.45) is 0. The number of nitrogens with one attached hydrogen (secondary N) is 1. The molecule has 1 rings (SSSR count). The average molecular weight is 195 g/mol. The maximum absolute atomic E-state index is 8.65. The molecule has 0 aliphatic carbocycles. The predicted molar refractivity (Wildman–Crippen MR) is 56.4 cm³/mol. The third-order valence-corrected chi connectivity index (χ3v) is 2.50. The highest BCUT2D eigenvalue weighted by atomic mass is 16.5. The zero-order chi connectivity index (χ0) is 10.6. The average Bonchev–Trinajstić information content (AvgIpc) is 2.20. The molecule has 0 unspecified atom stereocenters. The quantitative estimate of drug-likeness (QED) is 0.713. The Kier molecular flexibility index (Phi) is 3.92. The van der Waals surface area contributed by atoms with E-state index in [-0.39, 0.29) is 6.73 Å². The highest BCUT2D eigenvalue weighted by molar-refractivity contribution is 5.43. The number of ether oxygens (including phenoxy) is 1. The van der Waals surface area contributed by atoms with Crippen LogP contribution in [0.1, 0.15) is 16.7 Å². The van der Waals surface area contributed by atoms with Crippen molar-refractivity contribution < 1.29 is 9.84 Å². The Hall–Kier alpha value is -1.06. The van der Waals surface area contributed by atoms with E-state index in [0.29, 0.717) is 6.54 Å². The van der Waals surface area contributed by atoms with Crippen LogP contribution in [0.25, 0.3) is 0 Å². The monoisotopic (exact) mass is 195 g/mol. The van der Waals surface area contributed by atoms with E-state index in [2.05, 4.69) is 12.2 Å². The molecular weight excluding hydrogens is 178 g/mol. The second-order valence-corrected chi connectivity index (χ2v) is 3.26. The van der Waals surface area contributed by atoms with Crippen LogP contribution in [0, 0.1) is 13.8 Å². The lowest BCUT2D eigenvalue weighted by Crippen LogP contribution is -2.14. The lowest BCUT2D eigenvalue weighted by atomic mass is 10.0. The minimum absolute atomic E-state index is 0.00448. The third kappa shape index (κ3) is 2.25. The molecule has 0 saturated heterocycles. The second-order valence-electron chi connectivity index (χ2n) is 3.26. The second kappa shape index (κ2) is 4.98. The summed E-state index contributed by atoms with van der Waals surface area (Å²) in [7, 11) is 1.67. The Morgan fingerprint density at radius 3 is 2.57 bits per heavy atom. The molecule has 78 valence electrons. The summed E-state index contributed by atoms with van der Waals surface area (Å²) < 4.78 is 5.22. The first-order valence-electron chi connectivity index (χ1n) is 4.65. The van der Waals surface area contributed by atoms with Crippen LogP contribution in [-0.2, 0) is 6.54 Å². The molecule has 0 aliphatic heterocycles. The molecule has 0 radical (unpaired) electrons. The van der Waals surface area contributed by atoms with Crippen molar-refractivity contribution in [1.29, 1.82) is 0 Å². The smallest absolute Gasteiger partial charge is 0.122 e. The van der Waals surface area contributed by atoms with Gasteiger partial charge in [-0.2, -0.15) is 0 Å². The molecule has 3 heteroatoms.